The zero-order chi connectivity index (χ0) is 21.7. The quantitative estimate of drug-likeness (QED) is 0.511. The van der Waals surface area contributed by atoms with Crippen molar-refractivity contribution in [2.75, 3.05) is 20.3 Å². The van der Waals surface area contributed by atoms with Crippen LogP contribution in [0.3, 0.4) is 0 Å². The minimum atomic E-state index is -0.925. The summed E-state index contributed by atoms with van der Waals surface area (Å²) in [5, 5.41) is 5.42. The van der Waals surface area contributed by atoms with Crippen LogP contribution in [-0.4, -0.2) is 54.5 Å². The van der Waals surface area contributed by atoms with E-state index in [0.29, 0.717) is 12.2 Å². The first-order valence-corrected chi connectivity index (χ1v) is 10.0. The number of urea groups is 1. The first-order valence-electron chi connectivity index (χ1n) is 10.0. The second kappa shape index (κ2) is 9.15. The van der Waals surface area contributed by atoms with Gasteiger partial charge in [-0.2, -0.15) is 0 Å². The molecule has 4 amide bonds. The van der Waals surface area contributed by atoms with Crippen LogP contribution in [0.25, 0.3) is 0 Å². The Labute approximate surface area is 175 Å². The van der Waals surface area contributed by atoms with Crippen molar-refractivity contribution in [1.82, 2.24) is 15.5 Å². The number of carbonyl (C=O) groups is 4. The van der Waals surface area contributed by atoms with Crippen molar-refractivity contribution in [1.29, 1.82) is 0 Å². The summed E-state index contributed by atoms with van der Waals surface area (Å²) in [4.78, 5) is 50.0. The predicted octanol–water partition coefficient (Wildman–Crippen LogP) is 1.36. The normalized spacial score (nSPS) is 23.3. The van der Waals surface area contributed by atoms with Crippen molar-refractivity contribution in [2.24, 2.45) is 5.92 Å². The Morgan fingerprint density at radius 2 is 1.97 bits per heavy atom. The number of imide groups is 1. The molecule has 1 aliphatic heterocycles. The molecule has 162 valence electrons. The van der Waals surface area contributed by atoms with Crippen molar-refractivity contribution in [3.8, 4) is 5.75 Å². The van der Waals surface area contributed by atoms with Gasteiger partial charge in [0, 0.05) is 6.54 Å². The van der Waals surface area contributed by atoms with Crippen LogP contribution in [0.1, 0.15) is 38.2 Å². The van der Waals surface area contributed by atoms with Crippen LogP contribution in [0.2, 0.25) is 0 Å². The molecule has 2 aliphatic rings. The van der Waals surface area contributed by atoms with Crippen LogP contribution in [0.5, 0.6) is 5.75 Å². The minimum Gasteiger partial charge on any atom is -0.497 e. The van der Waals surface area contributed by atoms with Gasteiger partial charge in [0.1, 0.15) is 17.8 Å². The summed E-state index contributed by atoms with van der Waals surface area (Å²) in [6.07, 6.45) is 3.28. The second-order valence-electron chi connectivity index (χ2n) is 7.73. The van der Waals surface area contributed by atoms with E-state index in [-0.39, 0.29) is 18.4 Å². The number of hydrogen-bond acceptors (Lipinski definition) is 6. The molecular formula is C21H27N3O6. The van der Waals surface area contributed by atoms with Crippen LogP contribution in [0.15, 0.2) is 24.3 Å². The fraction of sp³-hybridized carbons (Fsp3) is 0.524. The molecular weight excluding hydrogens is 390 g/mol. The SMILES string of the molecule is COc1ccc(CNC(=O)COC(=O)CN2C(=O)N[C@]3(CCCC[C@H]3C)C2=O)cc1. The average molecular weight is 417 g/mol. The number of amides is 4. The van der Waals surface area contributed by atoms with E-state index in [1.165, 1.54) is 0 Å². The molecule has 0 bridgehead atoms. The van der Waals surface area contributed by atoms with Gasteiger partial charge in [-0.3, -0.25) is 19.3 Å². The van der Waals surface area contributed by atoms with E-state index in [0.717, 1.165) is 29.7 Å². The van der Waals surface area contributed by atoms with E-state index in [2.05, 4.69) is 10.6 Å². The van der Waals surface area contributed by atoms with E-state index in [1.807, 2.05) is 19.1 Å². The van der Waals surface area contributed by atoms with E-state index in [4.69, 9.17) is 9.47 Å². The van der Waals surface area contributed by atoms with Crippen molar-refractivity contribution >= 4 is 23.8 Å². The Balaban J connectivity index is 1.45. The number of methoxy groups -OCH3 is 1. The van der Waals surface area contributed by atoms with Crippen molar-refractivity contribution < 1.29 is 28.7 Å². The molecule has 0 aromatic heterocycles. The molecule has 30 heavy (non-hydrogen) atoms. The molecule has 1 aromatic carbocycles. The molecule has 2 N–H and O–H groups in total. The van der Waals surface area contributed by atoms with Gasteiger partial charge in [-0.25, -0.2) is 4.79 Å². The molecule has 1 heterocycles. The standard InChI is InChI=1S/C21H27N3O6/c1-14-5-3-4-10-21(14)19(27)24(20(28)23-21)12-18(26)30-13-17(25)22-11-15-6-8-16(29-2)9-7-15/h6-9,14H,3-5,10-13H2,1-2H3,(H,22,25)(H,23,28)/t14-,21+/m1/s1. The molecule has 1 aromatic rings. The monoisotopic (exact) mass is 417 g/mol. The molecule has 9 nitrogen and oxygen atoms in total. The highest BCUT2D eigenvalue weighted by atomic mass is 16.5. The number of carbonyl (C=O) groups excluding carboxylic acids is 4. The molecule has 3 rings (SSSR count). The smallest absolute Gasteiger partial charge is 0.326 e. The Morgan fingerprint density at radius 1 is 1.23 bits per heavy atom. The highest BCUT2D eigenvalue weighted by Gasteiger charge is 2.55. The molecule has 2 fully saturated rings. The lowest BCUT2D eigenvalue weighted by molar-refractivity contribution is -0.151. The van der Waals surface area contributed by atoms with Crippen molar-refractivity contribution in [2.45, 2.75) is 44.7 Å². The van der Waals surface area contributed by atoms with E-state index in [1.54, 1.807) is 19.2 Å². The maximum atomic E-state index is 12.8. The van der Waals surface area contributed by atoms with Gasteiger partial charge in [-0.1, -0.05) is 31.9 Å². The maximum absolute atomic E-state index is 12.8. The number of hydrogen-bond donors (Lipinski definition) is 2. The largest absolute Gasteiger partial charge is 0.497 e. The van der Waals surface area contributed by atoms with Crippen molar-refractivity contribution in [3.05, 3.63) is 29.8 Å². The highest BCUT2D eigenvalue weighted by Crippen LogP contribution is 2.38. The summed E-state index contributed by atoms with van der Waals surface area (Å²) in [6.45, 7) is 1.21. The summed E-state index contributed by atoms with van der Waals surface area (Å²) in [6, 6.07) is 6.59. The van der Waals surface area contributed by atoms with Crippen LogP contribution in [0, 0.1) is 5.92 Å². The minimum absolute atomic E-state index is 0.00690. The average Bonchev–Trinajstić information content (AvgIpc) is 2.98. The number of benzene rings is 1. The Morgan fingerprint density at radius 3 is 2.63 bits per heavy atom. The van der Waals surface area contributed by atoms with Gasteiger partial charge < -0.3 is 20.1 Å². The van der Waals surface area contributed by atoms with Gasteiger partial charge in [0.2, 0.25) is 0 Å². The number of esters is 1. The summed E-state index contributed by atoms with van der Waals surface area (Å²) < 4.78 is 10.0. The lowest BCUT2D eigenvalue weighted by Crippen LogP contribution is -2.54. The van der Waals surface area contributed by atoms with Gasteiger partial charge in [-0.15, -0.1) is 0 Å². The number of nitrogens with zero attached hydrogens (tertiary/aromatic N) is 1. The van der Waals surface area contributed by atoms with Gasteiger partial charge in [0.05, 0.1) is 7.11 Å². The van der Waals surface area contributed by atoms with E-state index >= 15 is 0 Å². The summed E-state index contributed by atoms with van der Waals surface area (Å²) in [5.74, 6) is -0.954. The third-order valence-electron chi connectivity index (χ3n) is 5.80. The molecule has 1 spiro atoms. The third-order valence-corrected chi connectivity index (χ3v) is 5.80. The summed E-state index contributed by atoms with van der Waals surface area (Å²) in [7, 11) is 1.57. The first-order chi connectivity index (χ1) is 14.4. The molecule has 1 saturated carbocycles. The van der Waals surface area contributed by atoms with Gasteiger partial charge in [0.15, 0.2) is 6.61 Å². The zero-order valence-electron chi connectivity index (χ0n) is 17.2. The topological polar surface area (TPSA) is 114 Å². The fourth-order valence-electron chi connectivity index (χ4n) is 3.95. The number of rotatable bonds is 7. The Hall–Kier alpha value is -3.10. The van der Waals surface area contributed by atoms with Gasteiger partial charge in [-0.05, 0) is 36.5 Å². The molecule has 2 atom stereocenters. The van der Waals surface area contributed by atoms with Crippen LogP contribution >= 0.6 is 0 Å². The van der Waals surface area contributed by atoms with Gasteiger partial charge in [0.25, 0.3) is 11.8 Å². The van der Waals surface area contributed by atoms with E-state index in [9.17, 15) is 19.2 Å². The Kier molecular flexibility index (Phi) is 6.59. The lowest BCUT2D eigenvalue weighted by Gasteiger charge is -2.36. The molecule has 9 heteroatoms. The Bertz CT molecular complexity index is 825. The second-order valence-corrected chi connectivity index (χ2v) is 7.73. The zero-order valence-corrected chi connectivity index (χ0v) is 17.2. The molecule has 1 aliphatic carbocycles. The highest BCUT2D eigenvalue weighted by molar-refractivity contribution is 6.09. The third kappa shape index (κ3) is 4.55. The van der Waals surface area contributed by atoms with Crippen LogP contribution in [-0.2, 0) is 25.7 Å². The van der Waals surface area contributed by atoms with Gasteiger partial charge >= 0.3 is 12.0 Å². The fourth-order valence-corrected chi connectivity index (χ4v) is 3.95. The van der Waals surface area contributed by atoms with Crippen LogP contribution < -0.4 is 15.4 Å². The maximum Gasteiger partial charge on any atom is 0.326 e. The van der Waals surface area contributed by atoms with Crippen LogP contribution in [0.4, 0.5) is 4.79 Å². The number of ether oxygens (including phenoxy) is 2. The lowest BCUT2D eigenvalue weighted by atomic mass is 9.73. The molecule has 1 saturated heterocycles. The number of nitrogens with one attached hydrogen (secondary N) is 2. The van der Waals surface area contributed by atoms with Crippen molar-refractivity contribution in [3.63, 3.8) is 0 Å². The van der Waals surface area contributed by atoms with E-state index < -0.39 is 36.6 Å². The molecule has 0 radical (unpaired) electrons. The predicted molar refractivity (Wildman–Crippen MR) is 106 cm³/mol. The summed E-state index contributed by atoms with van der Waals surface area (Å²) >= 11 is 0. The summed E-state index contributed by atoms with van der Waals surface area (Å²) in [5.41, 5.74) is -0.0625. The first kappa shape index (κ1) is 21.6. The molecule has 0 unspecified atom stereocenters.